The van der Waals surface area contributed by atoms with E-state index in [0.29, 0.717) is 29.2 Å². The fraction of sp³-hybridized carbons (Fsp3) is 0.190. The maximum absolute atomic E-state index is 13.1. The van der Waals surface area contributed by atoms with Gasteiger partial charge in [0, 0.05) is 34.8 Å². The minimum Gasteiger partial charge on any atom is -0.454 e. The molecule has 2 aromatic rings. The molecular weight excluding hydrogens is 372 g/mol. The molecule has 1 aliphatic carbocycles. The molecule has 5 aliphatic rings. The second-order valence-electron chi connectivity index (χ2n) is 7.62. The Labute approximate surface area is 163 Å². The summed E-state index contributed by atoms with van der Waals surface area (Å²) in [6.07, 6.45) is 7.52. The highest BCUT2D eigenvalue weighted by Crippen LogP contribution is 2.39. The Morgan fingerprint density at radius 1 is 1.17 bits per heavy atom. The largest absolute Gasteiger partial charge is 0.454 e. The molecule has 2 amide bonds. The summed E-state index contributed by atoms with van der Waals surface area (Å²) < 4.78 is 11.1. The number of rotatable bonds is 0. The number of fused-ring (bicyclic) bond motifs is 10. The smallest absolute Gasteiger partial charge is 0.262 e. The maximum Gasteiger partial charge on any atom is 0.262 e. The maximum atomic E-state index is 13.1. The second kappa shape index (κ2) is 4.78. The summed E-state index contributed by atoms with van der Waals surface area (Å²) in [4.78, 5) is 35.2. The number of carbonyl (C=O) groups excluding carboxylic acids is 2. The molecule has 1 fully saturated rings. The van der Waals surface area contributed by atoms with Crippen LogP contribution in [0.4, 0.5) is 5.69 Å². The summed E-state index contributed by atoms with van der Waals surface area (Å²) in [5.74, 6) is 0.780. The van der Waals surface area contributed by atoms with Crippen molar-refractivity contribution in [2.75, 3.05) is 19.2 Å². The first kappa shape index (κ1) is 15.2. The first-order valence-electron chi connectivity index (χ1n) is 9.36. The van der Waals surface area contributed by atoms with Gasteiger partial charge in [-0.25, -0.2) is 0 Å². The fourth-order valence-corrected chi connectivity index (χ4v) is 4.90. The Morgan fingerprint density at radius 2 is 2.00 bits per heavy atom. The first-order valence-corrected chi connectivity index (χ1v) is 9.36. The SMILES string of the molecule is CN1C(=O)c2c(c3c4c([nH]c3c3c2=C2C=C5OCOC5=CC2N3)=CC=NC4)C1=O. The number of H-pyrrole nitrogens is 1. The van der Waals surface area contributed by atoms with E-state index in [-0.39, 0.29) is 24.6 Å². The van der Waals surface area contributed by atoms with E-state index in [0.717, 1.165) is 38.3 Å². The Bertz CT molecular complexity index is 1440. The van der Waals surface area contributed by atoms with E-state index in [4.69, 9.17) is 9.47 Å². The molecule has 7 rings (SSSR count). The topological polar surface area (TPSA) is 96.0 Å². The molecule has 1 aromatic carbocycles. The fourth-order valence-electron chi connectivity index (χ4n) is 4.90. The van der Waals surface area contributed by atoms with E-state index in [1.807, 2.05) is 18.2 Å². The van der Waals surface area contributed by atoms with Crippen molar-refractivity contribution < 1.29 is 19.1 Å². The van der Waals surface area contributed by atoms with E-state index in [1.54, 1.807) is 6.21 Å². The Hall–Kier alpha value is -3.81. The Morgan fingerprint density at radius 3 is 2.90 bits per heavy atom. The van der Waals surface area contributed by atoms with Crippen molar-refractivity contribution in [2.45, 2.75) is 12.6 Å². The lowest BCUT2D eigenvalue weighted by Crippen LogP contribution is -2.26. The standard InChI is InChI=1S/C21H14N4O4/c1-25-20(26)16-14-8-4-12-13(29-7-28-12)5-11(8)24-18(14)19-15(17(16)21(25)27)9-6-22-3-2-10(9)23-19/h2-5,11,23-24H,6-7H2,1H3. The van der Waals surface area contributed by atoms with Crippen LogP contribution in [-0.2, 0) is 16.0 Å². The number of hydrogen-bond donors (Lipinski definition) is 2. The monoisotopic (exact) mass is 386 g/mol. The molecule has 8 heteroatoms. The number of nitrogens with zero attached hydrogens (tertiary/aromatic N) is 2. The summed E-state index contributed by atoms with van der Waals surface area (Å²) in [5.41, 5.74) is 4.42. The molecule has 0 spiro atoms. The van der Waals surface area contributed by atoms with Crippen molar-refractivity contribution >= 4 is 46.3 Å². The number of anilines is 1. The number of carbonyl (C=O) groups is 2. The van der Waals surface area contributed by atoms with Gasteiger partial charge in [0.2, 0.25) is 6.79 Å². The molecule has 0 bridgehead atoms. The average molecular weight is 386 g/mol. The van der Waals surface area contributed by atoms with Crippen LogP contribution in [-0.4, -0.2) is 47.8 Å². The predicted molar refractivity (Wildman–Crippen MR) is 105 cm³/mol. The number of aliphatic imine (C=N–C) groups is 1. The molecule has 5 heterocycles. The lowest BCUT2D eigenvalue weighted by Gasteiger charge is -2.15. The molecule has 1 aromatic heterocycles. The van der Waals surface area contributed by atoms with Crippen LogP contribution in [0.15, 0.2) is 28.7 Å². The van der Waals surface area contributed by atoms with Gasteiger partial charge in [-0.2, -0.15) is 0 Å². The molecule has 0 saturated carbocycles. The van der Waals surface area contributed by atoms with Crippen LogP contribution < -0.4 is 15.9 Å². The third kappa shape index (κ3) is 1.64. The van der Waals surface area contributed by atoms with Gasteiger partial charge in [-0.15, -0.1) is 0 Å². The number of amides is 2. The summed E-state index contributed by atoms with van der Waals surface area (Å²) in [6.45, 7) is 0.652. The molecule has 1 atom stereocenters. The number of ether oxygens (including phenoxy) is 2. The highest BCUT2D eigenvalue weighted by molar-refractivity contribution is 6.29. The zero-order valence-electron chi connectivity index (χ0n) is 15.3. The molecule has 2 N–H and O–H groups in total. The lowest BCUT2D eigenvalue weighted by molar-refractivity contribution is 0.0693. The van der Waals surface area contributed by atoms with Gasteiger partial charge in [-0.05, 0) is 23.8 Å². The zero-order chi connectivity index (χ0) is 19.4. The summed E-state index contributed by atoms with van der Waals surface area (Å²) in [7, 11) is 1.53. The lowest BCUT2D eigenvalue weighted by atomic mass is 9.94. The summed E-state index contributed by atoms with van der Waals surface area (Å²) >= 11 is 0. The van der Waals surface area contributed by atoms with Gasteiger partial charge in [-0.1, -0.05) is 0 Å². The van der Waals surface area contributed by atoms with Crippen LogP contribution in [0, 0.1) is 0 Å². The molecule has 4 aliphatic heterocycles. The molecule has 1 unspecified atom stereocenters. The van der Waals surface area contributed by atoms with Crippen LogP contribution in [0.25, 0.3) is 22.6 Å². The van der Waals surface area contributed by atoms with Crippen molar-refractivity contribution in [1.82, 2.24) is 9.88 Å². The van der Waals surface area contributed by atoms with Crippen LogP contribution in [0.1, 0.15) is 26.3 Å². The number of aromatic amines is 1. The third-order valence-corrected chi connectivity index (χ3v) is 6.22. The van der Waals surface area contributed by atoms with Gasteiger partial charge in [0.25, 0.3) is 11.8 Å². The van der Waals surface area contributed by atoms with E-state index in [9.17, 15) is 9.59 Å². The van der Waals surface area contributed by atoms with Crippen LogP contribution in [0.2, 0.25) is 0 Å². The number of nitrogens with one attached hydrogen (secondary N) is 2. The van der Waals surface area contributed by atoms with Gasteiger partial charge in [0.1, 0.15) is 0 Å². The Balaban J connectivity index is 1.69. The zero-order valence-corrected chi connectivity index (χ0v) is 15.3. The minimum atomic E-state index is -0.284. The van der Waals surface area contributed by atoms with Crippen molar-refractivity contribution in [1.29, 1.82) is 0 Å². The van der Waals surface area contributed by atoms with Gasteiger partial charge in [-0.3, -0.25) is 19.5 Å². The second-order valence-corrected chi connectivity index (χ2v) is 7.62. The quantitative estimate of drug-likeness (QED) is 0.643. The predicted octanol–water partition coefficient (Wildman–Crippen LogP) is 0.489. The van der Waals surface area contributed by atoms with Gasteiger partial charge < -0.3 is 19.8 Å². The van der Waals surface area contributed by atoms with Crippen molar-refractivity contribution in [3.8, 4) is 0 Å². The minimum absolute atomic E-state index is 0.158. The summed E-state index contributed by atoms with van der Waals surface area (Å²) in [6, 6.07) is -0.158. The van der Waals surface area contributed by atoms with Gasteiger partial charge in [0.05, 0.1) is 34.9 Å². The molecule has 8 nitrogen and oxygen atoms in total. The van der Waals surface area contributed by atoms with E-state index < -0.39 is 0 Å². The summed E-state index contributed by atoms with van der Waals surface area (Å²) in [5, 5.41) is 5.98. The van der Waals surface area contributed by atoms with Crippen molar-refractivity contribution in [3.63, 3.8) is 0 Å². The Kier molecular flexibility index (Phi) is 2.50. The molecule has 0 radical (unpaired) electrons. The van der Waals surface area contributed by atoms with Crippen molar-refractivity contribution in [2.24, 2.45) is 4.99 Å². The number of hydrogen-bond acceptors (Lipinski definition) is 6. The first-order chi connectivity index (χ1) is 14.1. The van der Waals surface area contributed by atoms with Crippen LogP contribution >= 0.6 is 0 Å². The van der Waals surface area contributed by atoms with E-state index in [2.05, 4.69) is 15.3 Å². The molecule has 142 valence electrons. The van der Waals surface area contributed by atoms with Crippen LogP contribution in [0.3, 0.4) is 0 Å². The highest BCUT2D eigenvalue weighted by atomic mass is 16.7. The molecule has 1 saturated heterocycles. The molecule has 29 heavy (non-hydrogen) atoms. The number of benzene rings is 1. The third-order valence-electron chi connectivity index (χ3n) is 6.22. The van der Waals surface area contributed by atoms with Crippen molar-refractivity contribution in [3.05, 3.63) is 50.9 Å². The van der Waals surface area contributed by atoms with Gasteiger partial charge in [0.15, 0.2) is 11.5 Å². The normalized spacial score (nSPS) is 22.7. The van der Waals surface area contributed by atoms with Gasteiger partial charge >= 0.3 is 0 Å². The number of aromatic nitrogens is 1. The highest BCUT2D eigenvalue weighted by Gasteiger charge is 2.42. The number of imide groups is 1. The van der Waals surface area contributed by atoms with E-state index in [1.165, 1.54) is 11.9 Å². The van der Waals surface area contributed by atoms with Crippen LogP contribution in [0.5, 0.6) is 0 Å². The average Bonchev–Trinajstić information content (AvgIpc) is 3.46. The molecular formula is C21H14N4O4. The van der Waals surface area contributed by atoms with E-state index >= 15 is 0 Å².